The molecule has 0 amide bonds. The lowest BCUT2D eigenvalue weighted by Gasteiger charge is -2.17. The normalized spacial score (nSPS) is 11.5. The van der Waals surface area contributed by atoms with Gasteiger partial charge in [0.15, 0.2) is 0 Å². The fraction of sp³-hybridized carbons (Fsp3) is 0.333. The van der Waals surface area contributed by atoms with Crippen molar-refractivity contribution < 1.29 is 5.11 Å². The van der Waals surface area contributed by atoms with Crippen LogP contribution in [-0.2, 0) is 5.60 Å². The van der Waals surface area contributed by atoms with E-state index >= 15 is 0 Å². The molecule has 0 bridgehead atoms. The van der Waals surface area contributed by atoms with Crippen LogP contribution in [0.15, 0.2) is 24.3 Å². The summed E-state index contributed by atoms with van der Waals surface area (Å²) in [7, 11) is 5.49. The molecule has 0 aromatic heterocycles. The van der Waals surface area contributed by atoms with Crippen LogP contribution in [0.5, 0.6) is 0 Å². The van der Waals surface area contributed by atoms with E-state index in [0.717, 1.165) is 11.0 Å². The molecule has 0 aliphatic heterocycles. The molecule has 1 nitrogen and oxygen atoms in total. The van der Waals surface area contributed by atoms with Gasteiger partial charge >= 0.3 is 0 Å². The molecule has 56 valence electrons. The second-order valence-electron chi connectivity index (χ2n) is 3.18. The summed E-state index contributed by atoms with van der Waals surface area (Å²) >= 11 is 0. The summed E-state index contributed by atoms with van der Waals surface area (Å²) in [6.07, 6.45) is 0. The Hall–Kier alpha value is -0.755. The molecule has 0 aliphatic rings. The maximum atomic E-state index is 9.54. The zero-order valence-corrected chi connectivity index (χ0v) is 6.83. The number of aliphatic hydroxyl groups is 1. The van der Waals surface area contributed by atoms with Gasteiger partial charge in [0.05, 0.1) is 5.60 Å². The first kappa shape index (κ1) is 8.34. The lowest BCUT2D eigenvalue weighted by atomic mass is 9.91. The van der Waals surface area contributed by atoms with Crippen LogP contribution in [0.3, 0.4) is 0 Å². The minimum Gasteiger partial charge on any atom is -0.386 e. The van der Waals surface area contributed by atoms with Crippen LogP contribution in [0, 0.1) is 0 Å². The smallest absolute Gasteiger partial charge is 0.113 e. The number of benzene rings is 1. The molecule has 2 heteroatoms. The number of hydrogen-bond acceptors (Lipinski definition) is 1. The first-order chi connectivity index (χ1) is 5.00. The largest absolute Gasteiger partial charge is 0.386 e. The fourth-order valence-electron chi connectivity index (χ4n) is 0.891. The Morgan fingerprint density at radius 1 is 1.18 bits per heavy atom. The lowest BCUT2D eigenvalue weighted by molar-refractivity contribution is 0.0786. The molecule has 0 saturated carbocycles. The van der Waals surface area contributed by atoms with Gasteiger partial charge in [0.1, 0.15) is 7.85 Å². The van der Waals surface area contributed by atoms with Crippen molar-refractivity contribution in [1.82, 2.24) is 0 Å². The molecule has 2 radical (unpaired) electrons. The second kappa shape index (κ2) is 2.70. The Kier molecular flexibility index (Phi) is 2.05. The summed E-state index contributed by atoms with van der Waals surface area (Å²) in [6, 6.07) is 7.23. The summed E-state index contributed by atoms with van der Waals surface area (Å²) in [6.45, 7) is 3.50. The van der Waals surface area contributed by atoms with Gasteiger partial charge in [-0.1, -0.05) is 29.7 Å². The van der Waals surface area contributed by atoms with Gasteiger partial charge in [0.2, 0.25) is 0 Å². The molecule has 1 rings (SSSR count). The molecular weight excluding hydrogens is 135 g/mol. The zero-order valence-electron chi connectivity index (χ0n) is 6.83. The minimum atomic E-state index is -0.770. The summed E-state index contributed by atoms with van der Waals surface area (Å²) in [5.74, 6) is 0. The van der Waals surface area contributed by atoms with Crippen molar-refractivity contribution >= 4 is 13.3 Å². The highest BCUT2D eigenvalue weighted by atomic mass is 16.3. The van der Waals surface area contributed by atoms with E-state index in [4.69, 9.17) is 7.85 Å². The van der Waals surface area contributed by atoms with Gasteiger partial charge in [-0.2, -0.15) is 0 Å². The van der Waals surface area contributed by atoms with Gasteiger partial charge in [-0.05, 0) is 19.4 Å². The van der Waals surface area contributed by atoms with Crippen molar-refractivity contribution in [3.05, 3.63) is 29.8 Å². The topological polar surface area (TPSA) is 20.2 Å². The van der Waals surface area contributed by atoms with E-state index in [0.29, 0.717) is 0 Å². The lowest BCUT2D eigenvalue weighted by Crippen LogP contribution is -2.16. The van der Waals surface area contributed by atoms with Gasteiger partial charge in [-0.25, -0.2) is 0 Å². The maximum absolute atomic E-state index is 9.54. The van der Waals surface area contributed by atoms with Crippen LogP contribution < -0.4 is 5.46 Å². The Labute approximate surface area is 68.5 Å². The monoisotopic (exact) mass is 146 g/mol. The third-order valence-electron chi connectivity index (χ3n) is 1.62. The Balaban J connectivity index is 2.99. The van der Waals surface area contributed by atoms with E-state index in [9.17, 15) is 5.11 Å². The molecule has 0 atom stereocenters. The van der Waals surface area contributed by atoms with Crippen LogP contribution in [0.25, 0.3) is 0 Å². The molecular formula is C9H11BO. The molecule has 11 heavy (non-hydrogen) atoms. The van der Waals surface area contributed by atoms with Gasteiger partial charge in [0.25, 0.3) is 0 Å². The predicted octanol–water partition coefficient (Wildman–Crippen LogP) is 0.708. The Morgan fingerprint density at radius 3 is 2.00 bits per heavy atom. The number of hydrogen-bond donors (Lipinski definition) is 1. The highest BCUT2D eigenvalue weighted by Crippen LogP contribution is 2.17. The van der Waals surface area contributed by atoms with Gasteiger partial charge in [0, 0.05) is 0 Å². The van der Waals surface area contributed by atoms with Crippen molar-refractivity contribution in [3.63, 3.8) is 0 Å². The summed E-state index contributed by atoms with van der Waals surface area (Å²) in [5, 5.41) is 9.54. The van der Waals surface area contributed by atoms with E-state index in [1.807, 2.05) is 12.1 Å². The molecule has 0 fully saturated rings. The van der Waals surface area contributed by atoms with Crippen molar-refractivity contribution in [1.29, 1.82) is 0 Å². The fourth-order valence-corrected chi connectivity index (χ4v) is 0.891. The summed E-state index contributed by atoms with van der Waals surface area (Å²) in [4.78, 5) is 0. The van der Waals surface area contributed by atoms with Gasteiger partial charge < -0.3 is 5.11 Å². The molecule has 1 aromatic rings. The first-order valence-corrected chi connectivity index (χ1v) is 3.58. The van der Waals surface area contributed by atoms with Crippen LogP contribution in [0.1, 0.15) is 19.4 Å². The molecule has 0 aliphatic carbocycles. The van der Waals surface area contributed by atoms with Crippen LogP contribution >= 0.6 is 0 Å². The van der Waals surface area contributed by atoms with Crippen molar-refractivity contribution in [2.24, 2.45) is 0 Å². The van der Waals surface area contributed by atoms with E-state index < -0.39 is 5.60 Å². The standard InChI is InChI=1S/C9H11BO/c1-9(2,11)7-3-5-8(10)6-4-7/h3-6,11H,1-2H3. The van der Waals surface area contributed by atoms with Crippen LogP contribution in [0.4, 0.5) is 0 Å². The van der Waals surface area contributed by atoms with Gasteiger partial charge in [-0.15, -0.1) is 0 Å². The van der Waals surface area contributed by atoms with Crippen molar-refractivity contribution in [3.8, 4) is 0 Å². The highest BCUT2D eigenvalue weighted by molar-refractivity contribution is 6.32. The van der Waals surface area contributed by atoms with Crippen molar-refractivity contribution in [2.75, 3.05) is 0 Å². The average Bonchev–Trinajstić information content (AvgIpc) is 1.86. The van der Waals surface area contributed by atoms with E-state index in [1.54, 1.807) is 26.0 Å². The van der Waals surface area contributed by atoms with E-state index in [2.05, 4.69) is 0 Å². The van der Waals surface area contributed by atoms with Crippen LogP contribution in [0.2, 0.25) is 0 Å². The Bertz CT molecular complexity index is 233. The number of rotatable bonds is 1. The van der Waals surface area contributed by atoms with E-state index in [-0.39, 0.29) is 0 Å². The quantitative estimate of drug-likeness (QED) is 0.578. The first-order valence-electron chi connectivity index (χ1n) is 3.58. The molecule has 0 saturated heterocycles. The average molecular weight is 146 g/mol. The minimum absolute atomic E-state index is 0.720. The highest BCUT2D eigenvalue weighted by Gasteiger charge is 2.14. The molecule has 1 aromatic carbocycles. The zero-order chi connectivity index (χ0) is 8.48. The SMILES string of the molecule is [B]c1ccc(C(C)(C)O)cc1. The summed E-state index contributed by atoms with van der Waals surface area (Å²) in [5.41, 5.74) is 0.831. The molecule has 1 N–H and O–H groups in total. The second-order valence-corrected chi connectivity index (χ2v) is 3.18. The molecule has 0 heterocycles. The van der Waals surface area contributed by atoms with E-state index in [1.165, 1.54) is 0 Å². The maximum Gasteiger partial charge on any atom is 0.113 e. The third-order valence-corrected chi connectivity index (χ3v) is 1.62. The van der Waals surface area contributed by atoms with Gasteiger partial charge in [-0.3, -0.25) is 0 Å². The summed E-state index contributed by atoms with van der Waals surface area (Å²) < 4.78 is 0. The Morgan fingerprint density at radius 2 is 1.64 bits per heavy atom. The predicted molar refractivity (Wildman–Crippen MR) is 47.1 cm³/mol. The molecule has 0 unspecified atom stereocenters. The van der Waals surface area contributed by atoms with Crippen LogP contribution in [-0.4, -0.2) is 13.0 Å². The van der Waals surface area contributed by atoms with Crippen molar-refractivity contribution in [2.45, 2.75) is 19.4 Å². The molecule has 0 spiro atoms. The third kappa shape index (κ3) is 2.09.